The average molecular weight is 563 g/mol. The van der Waals surface area contributed by atoms with Crippen LogP contribution in [0.4, 0.5) is 0 Å². The summed E-state index contributed by atoms with van der Waals surface area (Å²) in [6.07, 6.45) is 1.70. The summed E-state index contributed by atoms with van der Waals surface area (Å²) in [4.78, 5) is 31.7. The van der Waals surface area contributed by atoms with E-state index in [4.69, 9.17) is 42.1 Å². The summed E-state index contributed by atoms with van der Waals surface area (Å²) in [5.41, 5.74) is 1.46. The first-order chi connectivity index (χ1) is 17.7. The maximum absolute atomic E-state index is 13.8. The third kappa shape index (κ3) is 4.99. The number of hydrogen-bond donors (Lipinski definition) is 0. The highest BCUT2D eigenvalue weighted by molar-refractivity contribution is 7.07. The van der Waals surface area contributed by atoms with Crippen LogP contribution in [0.2, 0.25) is 10.0 Å². The van der Waals surface area contributed by atoms with E-state index >= 15 is 0 Å². The molecule has 1 aromatic heterocycles. The Kier molecular flexibility index (Phi) is 7.96. The molecule has 1 aliphatic heterocycles. The summed E-state index contributed by atoms with van der Waals surface area (Å²) < 4.78 is 23.5. The van der Waals surface area contributed by atoms with Crippen molar-refractivity contribution in [1.29, 1.82) is 0 Å². The van der Waals surface area contributed by atoms with E-state index in [2.05, 4.69) is 4.99 Å². The van der Waals surface area contributed by atoms with Gasteiger partial charge in [-0.05, 0) is 55.8 Å². The lowest BCUT2D eigenvalue weighted by Gasteiger charge is -2.25. The number of methoxy groups -OCH3 is 3. The Morgan fingerprint density at radius 3 is 2.54 bits per heavy atom. The summed E-state index contributed by atoms with van der Waals surface area (Å²) in [5, 5.41) is 0.769. The number of thiazole rings is 1. The maximum atomic E-state index is 13.8. The number of carbonyl (C=O) groups is 1. The van der Waals surface area contributed by atoms with E-state index in [-0.39, 0.29) is 11.1 Å². The summed E-state index contributed by atoms with van der Waals surface area (Å²) in [7, 11) is 4.30. The topological polar surface area (TPSA) is 88.4 Å². The third-order valence-corrected chi connectivity index (χ3v) is 7.25. The fourth-order valence-electron chi connectivity index (χ4n) is 4.19. The first kappa shape index (κ1) is 26.8. The van der Waals surface area contributed by atoms with E-state index < -0.39 is 12.0 Å². The van der Waals surface area contributed by atoms with Gasteiger partial charge in [0.15, 0.2) is 16.3 Å². The van der Waals surface area contributed by atoms with Gasteiger partial charge in [0.25, 0.3) is 5.56 Å². The minimum Gasteiger partial charge on any atom is -0.496 e. The molecule has 1 aliphatic rings. The predicted octanol–water partition coefficient (Wildman–Crippen LogP) is 4.13. The normalized spacial score (nSPS) is 15.2. The maximum Gasteiger partial charge on any atom is 0.338 e. The first-order valence-corrected chi connectivity index (χ1v) is 12.8. The van der Waals surface area contributed by atoms with Gasteiger partial charge < -0.3 is 18.9 Å². The van der Waals surface area contributed by atoms with Gasteiger partial charge in [-0.25, -0.2) is 9.79 Å². The van der Waals surface area contributed by atoms with Gasteiger partial charge in [-0.2, -0.15) is 0 Å². The molecule has 194 valence electrons. The molecule has 2 heterocycles. The number of ether oxygens (including phenoxy) is 4. The molecular formula is C26H24Cl2N2O6S. The van der Waals surface area contributed by atoms with Crippen molar-refractivity contribution < 1.29 is 23.7 Å². The minimum absolute atomic E-state index is 0.216. The van der Waals surface area contributed by atoms with Gasteiger partial charge in [0.05, 0.1) is 48.8 Å². The van der Waals surface area contributed by atoms with Gasteiger partial charge in [-0.15, -0.1) is 0 Å². The fraction of sp³-hybridized carbons (Fsp3) is 0.269. The molecule has 0 aliphatic carbocycles. The summed E-state index contributed by atoms with van der Waals surface area (Å²) in [6.45, 7) is 3.96. The van der Waals surface area contributed by atoms with Crippen molar-refractivity contribution in [1.82, 2.24) is 4.57 Å². The Morgan fingerprint density at radius 1 is 1.14 bits per heavy atom. The van der Waals surface area contributed by atoms with E-state index in [0.717, 1.165) is 0 Å². The van der Waals surface area contributed by atoms with Crippen LogP contribution >= 0.6 is 34.5 Å². The molecule has 0 spiro atoms. The second-order valence-corrected chi connectivity index (χ2v) is 9.78. The highest BCUT2D eigenvalue weighted by atomic mass is 35.5. The number of esters is 1. The Morgan fingerprint density at radius 2 is 1.89 bits per heavy atom. The van der Waals surface area contributed by atoms with Crippen LogP contribution in [-0.4, -0.2) is 38.5 Å². The van der Waals surface area contributed by atoms with Gasteiger partial charge in [0.1, 0.15) is 11.8 Å². The van der Waals surface area contributed by atoms with E-state index in [9.17, 15) is 9.59 Å². The van der Waals surface area contributed by atoms with Crippen molar-refractivity contribution in [3.8, 4) is 17.2 Å². The number of fused-ring (bicyclic) bond motifs is 1. The van der Waals surface area contributed by atoms with Crippen molar-refractivity contribution in [2.75, 3.05) is 27.9 Å². The van der Waals surface area contributed by atoms with Crippen LogP contribution in [-0.2, 0) is 9.53 Å². The number of aromatic nitrogens is 1. The highest BCUT2D eigenvalue weighted by Gasteiger charge is 2.35. The van der Waals surface area contributed by atoms with Gasteiger partial charge in [0.2, 0.25) is 0 Å². The number of nitrogens with zero attached hydrogens (tertiary/aromatic N) is 2. The highest BCUT2D eigenvalue weighted by Crippen LogP contribution is 2.38. The second-order valence-electron chi connectivity index (χ2n) is 7.93. The summed E-state index contributed by atoms with van der Waals surface area (Å²) in [6, 6.07) is 7.59. The molecule has 0 N–H and O–H groups in total. The van der Waals surface area contributed by atoms with Crippen LogP contribution in [0, 0.1) is 0 Å². The van der Waals surface area contributed by atoms with Gasteiger partial charge >= 0.3 is 5.97 Å². The first-order valence-electron chi connectivity index (χ1n) is 11.2. The molecule has 0 saturated heterocycles. The molecule has 1 atom stereocenters. The van der Waals surface area contributed by atoms with Crippen molar-refractivity contribution in [3.05, 3.63) is 82.5 Å². The number of benzene rings is 2. The molecule has 0 unspecified atom stereocenters. The predicted molar refractivity (Wildman–Crippen MR) is 143 cm³/mol. The largest absolute Gasteiger partial charge is 0.496 e. The summed E-state index contributed by atoms with van der Waals surface area (Å²) in [5.74, 6) is 0.727. The van der Waals surface area contributed by atoms with Crippen LogP contribution in [0.15, 0.2) is 51.4 Å². The molecule has 0 radical (unpaired) electrons. The number of halogens is 2. The lowest BCUT2D eigenvalue weighted by Crippen LogP contribution is -2.40. The van der Waals surface area contributed by atoms with Gasteiger partial charge in [-0.3, -0.25) is 9.36 Å². The molecule has 0 fully saturated rings. The van der Waals surface area contributed by atoms with Crippen LogP contribution in [0.25, 0.3) is 6.08 Å². The lowest BCUT2D eigenvalue weighted by atomic mass is 9.95. The van der Waals surface area contributed by atoms with Crippen molar-refractivity contribution in [3.63, 3.8) is 0 Å². The number of rotatable bonds is 7. The van der Waals surface area contributed by atoms with Crippen molar-refractivity contribution >= 4 is 46.6 Å². The molecule has 11 heteroatoms. The minimum atomic E-state index is -0.863. The van der Waals surface area contributed by atoms with Crippen LogP contribution < -0.4 is 29.1 Å². The number of carbonyl (C=O) groups excluding carboxylic acids is 1. The van der Waals surface area contributed by atoms with Crippen molar-refractivity contribution in [2.24, 2.45) is 4.99 Å². The molecule has 0 amide bonds. The average Bonchev–Trinajstić information content (AvgIpc) is 3.17. The Labute approximate surface area is 227 Å². The van der Waals surface area contributed by atoms with Crippen molar-refractivity contribution in [2.45, 2.75) is 19.9 Å². The standard InChI is InChI=1S/C26H24Cl2N2O6S/c1-6-36-19-10-14(9-17(28)23(19)34-4)11-20-24(31)30-22(16-12-15(27)7-8-18(16)33-3)21(25(32)35-5)13(2)29-26(30)37-20/h7-12,22H,6H2,1-5H3/b20-11-/t22-/m1/s1. The zero-order chi connectivity index (χ0) is 26.9. The van der Waals surface area contributed by atoms with Crippen LogP contribution in [0.1, 0.15) is 31.0 Å². The van der Waals surface area contributed by atoms with Crippen LogP contribution in [0.5, 0.6) is 17.2 Å². The monoisotopic (exact) mass is 562 g/mol. The molecule has 8 nitrogen and oxygen atoms in total. The van der Waals surface area contributed by atoms with Crippen LogP contribution in [0.3, 0.4) is 0 Å². The number of allylic oxidation sites excluding steroid dienone is 1. The van der Waals surface area contributed by atoms with E-state index in [1.165, 1.54) is 37.2 Å². The second kappa shape index (κ2) is 11.0. The Hall–Kier alpha value is -3.27. The molecular weight excluding hydrogens is 539 g/mol. The van der Waals surface area contributed by atoms with E-state index in [1.807, 2.05) is 6.92 Å². The lowest BCUT2D eigenvalue weighted by molar-refractivity contribution is -0.136. The smallest absolute Gasteiger partial charge is 0.338 e. The Balaban J connectivity index is 1.99. The quantitative estimate of drug-likeness (QED) is 0.402. The van der Waals surface area contributed by atoms with Gasteiger partial charge in [-0.1, -0.05) is 34.5 Å². The fourth-order valence-corrected chi connectivity index (χ4v) is 5.71. The molecule has 2 aromatic carbocycles. The summed E-state index contributed by atoms with van der Waals surface area (Å²) >= 11 is 13.9. The van der Waals surface area contributed by atoms with E-state index in [0.29, 0.717) is 60.1 Å². The van der Waals surface area contributed by atoms with E-state index in [1.54, 1.807) is 43.3 Å². The van der Waals surface area contributed by atoms with Gasteiger partial charge in [0, 0.05) is 10.6 Å². The molecule has 4 rings (SSSR count). The molecule has 0 saturated carbocycles. The zero-order valence-corrected chi connectivity index (χ0v) is 23.1. The Bertz CT molecular complexity index is 1590. The molecule has 3 aromatic rings. The third-order valence-electron chi connectivity index (χ3n) is 5.75. The number of hydrogen-bond acceptors (Lipinski definition) is 8. The zero-order valence-electron chi connectivity index (χ0n) is 20.8. The molecule has 0 bridgehead atoms. The molecule has 37 heavy (non-hydrogen) atoms. The SMILES string of the molecule is CCOc1cc(/C=c2\sc3n(c2=O)[C@H](c2cc(Cl)ccc2OC)C(C(=O)OC)=C(C)N=3)cc(Cl)c1OC.